The number of esters is 1. The summed E-state index contributed by atoms with van der Waals surface area (Å²) in [4.78, 5) is 11.1. The fourth-order valence-electron chi connectivity index (χ4n) is 1.46. The van der Waals surface area contributed by atoms with Crippen LogP contribution in [0.15, 0.2) is 35.9 Å². The molecular weight excluding hydrogens is 228 g/mol. The second-order valence-corrected chi connectivity index (χ2v) is 4.41. The van der Waals surface area contributed by atoms with E-state index in [0.29, 0.717) is 18.1 Å². The van der Waals surface area contributed by atoms with Crippen LogP contribution in [0.25, 0.3) is 0 Å². The second kappa shape index (κ2) is 6.84. The van der Waals surface area contributed by atoms with Crippen LogP contribution in [-0.2, 0) is 9.53 Å². The second-order valence-electron chi connectivity index (χ2n) is 4.41. The van der Waals surface area contributed by atoms with E-state index in [1.807, 2.05) is 12.1 Å². The van der Waals surface area contributed by atoms with Crippen molar-refractivity contribution in [3.8, 4) is 5.75 Å². The molecule has 3 nitrogen and oxygen atoms in total. The van der Waals surface area contributed by atoms with Crippen molar-refractivity contribution < 1.29 is 14.3 Å². The third-order valence-electron chi connectivity index (χ3n) is 2.69. The Morgan fingerprint density at radius 2 is 1.89 bits per heavy atom. The van der Waals surface area contributed by atoms with Gasteiger partial charge in [0.1, 0.15) is 12.4 Å². The normalized spacial score (nSPS) is 11.5. The number of hydrogen-bond acceptors (Lipinski definition) is 3. The van der Waals surface area contributed by atoms with Gasteiger partial charge in [0.25, 0.3) is 0 Å². The van der Waals surface area contributed by atoms with Crippen molar-refractivity contribution in [3.05, 3.63) is 41.5 Å². The van der Waals surface area contributed by atoms with E-state index in [4.69, 9.17) is 4.74 Å². The topological polar surface area (TPSA) is 35.5 Å². The van der Waals surface area contributed by atoms with Gasteiger partial charge in [0.05, 0.1) is 7.11 Å². The van der Waals surface area contributed by atoms with Crippen molar-refractivity contribution in [2.24, 2.45) is 0 Å². The summed E-state index contributed by atoms with van der Waals surface area (Å²) in [5, 5.41) is 0. The summed E-state index contributed by atoms with van der Waals surface area (Å²) in [7, 11) is 1.37. The first-order valence-electron chi connectivity index (χ1n) is 6.02. The molecule has 0 spiro atoms. The number of carbonyl (C=O) groups excluding carboxylic acids is 1. The number of rotatable bonds is 5. The summed E-state index contributed by atoms with van der Waals surface area (Å²) in [6.45, 7) is 6.37. The molecule has 18 heavy (non-hydrogen) atoms. The Labute approximate surface area is 108 Å². The number of ether oxygens (including phenoxy) is 2. The average Bonchev–Trinajstić information content (AvgIpc) is 2.38. The minimum Gasteiger partial charge on any atom is -0.490 e. The molecule has 0 aliphatic rings. The van der Waals surface area contributed by atoms with Gasteiger partial charge in [-0.05, 0) is 36.6 Å². The first kappa shape index (κ1) is 14.3. The standard InChI is InChI=1S/C15H20O3/c1-11(2)13-5-7-14(8-6-13)18-10-9-12(3)15(16)17-4/h5-9,11H,10H2,1-4H3. The van der Waals surface area contributed by atoms with E-state index in [-0.39, 0.29) is 5.97 Å². The van der Waals surface area contributed by atoms with E-state index >= 15 is 0 Å². The Morgan fingerprint density at radius 3 is 2.39 bits per heavy atom. The largest absolute Gasteiger partial charge is 0.490 e. The Hall–Kier alpha value is -1.77. The molecule has 0 saturated heterocycles. The first-order valence-corrected chi connectivity index (χ1v) is 6.02. The van der Waals surface area contributed by atoms with Crippen LogP contribution >= 0.6 is 0 Å². The van der Waals surface area contributed by atoms with E-state index in [1.54, 1.807) is 13.0 Å². The van der Waals surface area contributed by atoms with Gasteiger partial charge in [-0.15, -0.1) is 0 Å². The molecule has 3 heteroatoms. The Bertz CT molecular complexity index is 416. The van der Waals surface area contributed by atoms with Crippen LogP contribution in [0.3, 0.4) is 0 Å². The highest BCUT2D eigenvalue weighted by atomic mass is 16.5. The predicted molar refractivity (Wildman–Crippen MR) is 71.8 cm³/mol. The molecule has 0 amide bonds. The highest BCUT2D eigenvalue weighted by molar-refractivity contribution is 5.87. The van der Waals surface area contributed by atoms with Crippen LogP contribution in [-0.4, -0.2) is 19.7 Å². The summed E-state index contributed by atoms with van der Waals surface area (Å²) in [6.07, 6.45) is 1.71. The lowest BCUT2D eigenvalue weighted by Crippen LogP contribution is -2.04. The molecule has 0 atom stereocenters. The minimum atomic E-state index is -0.325. The maximum atomic E-state index is 11.1. The van der Waals surface area contributed by atoms with Crippen LogP contribution in [0.5, 0.6) is 5.75 Å². The highest BCUT2D eigenvalue weighted by Gasteiger charge is 2.02. The average molecular weight is 248 g/mol. The lowest BCUT2D eigenvalue weighted by Gasteiger charge is -2.07. The fourth-order valence-corrected chi connectivity index (χ4v) is 1.46. The maximum Gasteiger partial charge on any atom is 0.333 e. The van der Waals surface area contributed by atoms with Crippen molar-refractivity contribution in [3.63, 3.8) is 0 Å². The van der Waals surface area contributed by atoms with E-state index in [2.05, 4.69) is 30.7 Å². The van der Waals surface area contributed by atoms with Gasteiger partial charge in [-0.1, -0.05) is 26.0 Å². The van der Waals surface area contributed by atoms with E-state index in [1.165, 1.54) is 12.7 Å². The molecule has 0 aliphatic heterocycles. The minimum absolute atomic E-state index is 0.325. The zero-order valence-corrected chi connectivity index (χ0v) is 11.4. The van der Waals surface area contributed by atoms with Crippen LogP contribution in [0.2, 0.25) is 0 Å². The molecule has 1 rings (SSSR count). The molecular formula is C15H20O3. The molecule has 0 aliphatic carbocycles. The van der Waals surface area contributed by atoms with Crippen LogP contribution in [0, 0.1) is 0 Å². The molecule has 0 aromatic heterocycles. The summed E-state index contributed by atoms with van der Waals surface area (Å²) < 4.78 is 10.1. The van der Waals surface area contributed by atoms with Crippen LogP contribution in [0.4, 0.5) is 0 Å². The lowest BCUT2D eigenvalue weighted by molar-refractivity contribution is -0.136. The molecule has 0 fully saturated rings. The lowest BCUT2D eigenvalue weighted by atomic mass is 10.0. The molecule has 0 N–H and O–H groups in total. The zero-order valence-electron chi connectivity index (χ0n) is 11.4. The van der Waals surface area contributed by atoms with Gasteiger partial charge in [-0.3, -0.25) is 0 Å². The van der Waals surface area contributed by atoms with Crippen molar-refractivity contribution in [2.45, 2.75) is 26.7 Å². The third kappa shape index (κ3) is 4.24. The van der Waals surface area contributed by atoms with Gasteiger partial charge >= 0.3 is 5.97 Å². The highest BCUT2D eigenvalue weighted by Crippen LogP contribution is 2.18. The van der Waals surface area contributed by atoms with Gasteiger partial charge in [0.2, 0.25) is 0 Å². The quantitative estimate of drug-likeness (QED) is 0.592. The fraction of sp³-hybridized carbons (Fsp3) is 0.400. The van der Waals surface area contributed by atoms with Gasteiger partial charge in [-0.2, -0.15) is 0 Å². The van der Waals surface area contributed by atoms with E-state index < -0.39 is 0 Å². The van der Waals surface area contributed by atoms with Gasteiger partial charge < -0.3 is 9.47 Å². The van der Waals surface area contributed by atoms with Gasteiger partial charge in [0, 0.05) is 5.57 Å². The summed E-state index contributed by atoms with van der Waals surface area (Å²) >= 11 is 0. The third-order valence-corrected chi connectivity index (χ3v) is 2.69. The van der Waals surface area contributed by atoms with Gasteiger partial charge in [-0.25, -0.2) is 4.79 Å². The summed E-state index contributed by atoms with van der Waals surface area (Å²) in [6, 6.07) is 7.99. The molecule has 98 valence electrons. The van der Waals surface area contributed by atoms with Crippen molar-refractivity contribution in [1.29, 1.82) is 0 Å². The first-order chi connectivity index (χ1) is 8.54. The maximum absolute atomic E-state index is 11.1. The van der Waals surface area contributed by atoms with Crippen molar-refractivity contribution >= 4 is 5.97 Å². The van der Waals surface area contributed by atoms with E-state index in [0.717, 1.165) is 5.75 Å². The summed E-state index contributed by atoms with van der Waals surface area (Å²) in [5.41, 5.74) is 1.83. The SMILES string of the molecule is COC(=O)C(C)=CCOc1ccc(C(C)C)cc1. The van der Waals surface area contributed by atoms with Gasteiger partial charge in [0.15, 0.2) is 0 Å². The molecule has 0 bridgehead atoms. The van der Waals surface area contributed by atoms with Crippen LogP contribution < -0.4 is 4.74 Å². The number of carbonyl (C=O) groups is 1. The molecule has 0 unspecified atom stereocenters. The Kier molecular flexibility index (Phi) is 5.43. The monoisotopic (exact) mass is 248 g/mol. The molecule has 1 aromatic carbocycles. The van der Waals surface area contributed by atoms with E-state index in [9.17, 15) is 4.79 Å². The smallest absolute Gasteiger partial charge is 0.333 e. The molecule has 0 saturated carbocycles. The van der Waals surface area contributed by atoms with Crippen molar-refractivity contribution in [1.82, 2.24) is 0 Å². The Morgan fingerprint density at radius 1 is 1.28 bits per heavy atom. The molecule has 0 heterocycles. The summed E-state index contributed by atoms with van der Waals surface area (Å²) in [5.74, 6) is 0.989. The molecule has 0 radical (unpaired) electrons. The Balaban J connectivity index is 2.51. The number of hydrogen-bond donors (Lipinski definition) is 0. The van der Waals surface area contributed by atoms with Crippen molar-refractivity contribution in [2.75, 3.05) is 13.7 Å². The molecule has 1 aromatic rings. The zero-order chi connectivity index (χ0) is 13.5. The number of benzene rings is 1. The van der Waals surface area contributed by atoms with Crippen LogP contribution in [0.1, 0.15) is 32.3 Å². The number of methoxy groups -OCH3 is 1. The predicted octanol–water partition coefficient (Wildman–Crippen LogP) is 3.31.